The number of benzene rings is 2. The summed E-state index contributed by atoms with van der Waals surface area (Å²) in [6.45, 7) is 2.91. The highest BCUT2D eigenvalue weighted by Crippen LogP contribution is 2.27. The smallest absolute Gasteiger partial charge is 0.181 e. The summed E-state index contributed by atoms with van der Waals surface area (Å²) < 4.78 is 2.06. The van der Waals surface area contributed by atoms with E-state index in [1.165, 1.54) is 24.0 Å². The molecule has 0 saturated carbocycles. The standard InChI is InChI=1S/C27H28N8/c1-2-3-5-12-25-29-24(18-20-9-6-4-7-10-20)32-35(25)19-21-13-15-22(16-14-21)26-23(11-8-17-28-26)27-30-33-34-31-27/h4,6-11,13-17H,2-3,5,12,18-19H2,1H3,(H,30,31,33,34). The second-order valence-electron chi connectivity index (χ2n) is 8.57. The first-order chi connectivity index (χ1) is 17.3. The van der Waals surface area contributed by atoms with Crippen molar-refractivity contribution in [3.05, 3.63) is 95.7 Å². The van der Waals surface area contributed by atoms with Crippen molar-refractivity contribution in [2.45, 2.75) is 45.6 Å². The largest absolute Gasteiger partial charge is 0.255 e. The van der Waals surface area contributed by atoms with Gasteiger partial charge in [0.25, 0.3) is 0 Å². The Morgan fingerprint density at radius 3 is 2.51 bits per heavy atom. The summed E-state index contributed by atoms with van der Waals surface area (Å²) in [6.07, 6.45) is 6.97. The molecule has 8 heteroatoms. The Balaban J connectivity index is 1.37. The van der Waals surface area contributed by atoms with Crippen molar-refractivity contribution >= 4 is 0 Å². The average Bonchev–Trinajstić information content (AvgIpc) is 3.56. The summed E-state index contributed by atoms with van der Waals surface area (Å²) >= 11 is 0. The van der Waals surface area contributed by atoms with E-state index in [9.17, 15) is 0 Å². The molecule has 3 heterocycles. The van der Waals surface area contributed by atoms with Crippen LogP contribution in [0, 0.1) is 0 Å². The Bertz CT molecular complexity index is 1340. The number of aromatic nitrogens is 8. The van der Waals surface area contributed by atoms with Gasteiger partial charge in [-0.05, 0) is 40.1 Å². The predicted octanol–water partition coefficient (Wildman–Crippen LogP) is 4.89. The first kappa shape index (κ1) is 22.6. The maximum Gasteiger partial charge on any atom is 0.181 e. The zero-order valence-electron chi connectivity index (χ0n) is 19.8. The lowest BCUT2D eigenvalue weighted by Crippen LogP contribution is -2.07. The summed E-state index contributed by atoms with van der Waals surface area (Å²) in [5.74, 6) is 2.53. The second-order valence-corrected chi connectivity index (χ2v) is 8.57. The molecule has 0 aliphatic carbocycles. The number of unbranched alkanes of at least 4 members (excludes halogenated alkanes) is 2. The molecule has 0 unspecified atom stereocenters. The van der Waals surface area contributed by atoms with E-state index in [-0.39, 0.29) is 0 Å². The lowest BCUT2D eigenvalue weighted by Gasteiger charge is -2.09. The van der Waals surface area contributed by atoms with Crippen molar-refractivity contribution in [2.24, 2.45) is 0 Å². The van der Waals surface area contributed by atoms with Crippen LogP contribution in [-0.4, -0.2) is 40.4 Å². The van der Waals surface area contributed by atoms with Gasteiger partial charge in [0.1, 0.15) is 5.82 Å². The molecule has 0 aliphatic heterocycles. The van der Waals surface area contributed by atoms with E-state index >= 15 is 0 Å². The van der Waals surface area contributed by atoms with Crippen LogP contribution in [-0.2, 0) is 19.4 Å². The Morgan fingerprint density at radius 2 is 1.74 bits per heavy atom. The number of H-pyrrole nitrogens is 1. The Morgan fingerprint density at radius 1 is 0.886 bits per heavy atom. The Kier molecular flexibility index (Phi) is 6.98. The quantitative estimate of drug-likeness (QED) is 0.296. The number of pyridine rings is 1. The molecule has 35 heavy (non-hydrogen) atoms. The van der Waals surface area contributed by atoms with Gasteiger partial charge in [0.05, 0.1) is 12.2 Å². The molecule has 3 aromatic heterocycles. The van der Waals surface area contributed by atoms with Gasteiger partial charge in [-0.3, -0.25) is 4.98 Å². The Labute approximate surface area is 204 Å². The van der Waals surface area contributed by atoms with Crippen LogP contribution in [0.3, 0.4) is 0 Å². The maximum atomic E-state index is 4.90. The molecule has 0 radical (unpaired) electrons. The van der Waals surface area contributed by atoms with Crippen LogP contribution in [0.2, 0.25) is 0 Å². The number of nitrogens with one attached hydrogen (secondary N) is 1. The van der Waals surface area contributed by atoms with Gasteiger partial charge in [0.2, 0.25) is 0 Å². The highest BCUT2D eigenvalue weighted by molar-refractivity contribution is 5.76. The molecular formula is C27H28N8. The highest BCUT2D eigenvalue weighted by atomic mass is 15.5. The number of hydrogen-bond donors (Lipinski definition) is 1. The number of tetrazole rings is 1. The molecule has 1 N–H and O–H groups in total. The monoisotopic (exact) mass is 464 g/mol. The summed E-state index contributed by atoms with van der Waals surface area (Å²) in [6, 6.07) is 22.7. The highest BCUT2D eigenvalue weighted by Gasteiger charge is 2.13. The number of nitrogens with zero attached hydrogens (tertiary/aromatic N) is 7. The SMILES string of the molecule is CCCCCc1nc(Cc2ccccc2)nn1Cc1ccc(-c2ncccc2-c2nnn[nH]2)cc1. The van der Waals surface area contributed by atoms with E-state index in [4.69, 9.17) is 10.1 Å². The van der Waals surface area contributed by atoms with Gasteiger partial charge in [0.15, 0.2) is 11.6 Å². The lowest BCUT2D eigenvalue weighted by molar-refractivity contribution is 0.605. The van der Waals surface area contributed by atoms with Crippen molar-refractivity contribution in [1.82, 2.24) is 40.4 Å². The molecule has 0 atom stereocenters. The molecule has 0 fully saturated rings. The first-order valence-electron chi connectivity index (χ1n) is 12.0. The van der Waals surface area contributed by atoms with Crippen molar-refractivity contribution in [2.75, 3.05) is 0 Å². The molecule has 176 valence electrons. The minimum Gasteiger partial charge on any atom is -0.255 e. The van der Waals surface area contributed by atoms with Crippen molar-refractivity contribution in [3.63, 3.8) is 0 Å². The van der Waals surface area contributed by atoms with Crippen molar-refractivity contribution in [3.8, 4) is 22.6 Å². The van der Waals surface area contributed by atoms with Crippen LogP contribution in [0.5, 0.6) is 0 Å². The minimum absolute atomic E-state index is 0.599. The van der Waals surface area contributed by atoms with E-state index < -0.39 is 0 Å². The third-order valence-electron chi connectivity index (χ3n) is 5.97. The zero-order valence-corrected chi connectivity index (χ0v) is 19.8. The zero-order chi connectivity index (χ0) is 23.9. The normalized spacial score (nSPS) is 11.1. The number of aromatic amines is 1. The lowest BCUT2D eigenvalue weighted by atomic mass is 10.0. The molecule has 5 rings (SSSR count). The predicted molar refractivity (Wildman–Crippen MR) is 134 cm³/mol. The van der Waals surface area contributed by atoms with Crippen LogP contribution < -0.4 is 0 Å². The van der Waals surface area contributed by atoms with Crippen LogP contribution in [0.1, 0.15) is 49.0 Å². The fourth-order valence-corrected chi connectivity index (χ4v) is 4.16. The van der Waals surface area contributed by atoms with E-state index in [1.54, 1.807) is 6.20 Å². The molecular weight excluding hydrogens is 436 g/mol. The molecule has 0 spiro atoms. The number of rotatable bonds is 10. The summed E-state index contributed by atoms with van der Waals surface area (Å²) in [5.41, 5.74) is 5.10. The van der Waals surface area contributed by atoms with Crippen molar-refractivity contribution in [1.29, 1.82) is 0 Å². The van der Waals surface area contributed by atoms with Gasteiger partial charge < -0.3 is 0 Å². The van der Waals surface area contributed by atoms with Crippen LogP contribution in [0.25, 0.3) is 22.6 Å². The third kappa shape index (κ3) is 5.48. The minimum atomic E-state index is 0.599. The fourth-order valence-electron chi connectivity index (χ4n) is 4.16. The topological polar surface area (TPSA) is 98.1 Å². The van der Waals surface area contributed by atoms with E-state index in [0.29, 0.717) is 12.4 Å². The number of aryl methyl sites for hydroxylation is 1. The third-order valence-corrected chi connectivity index (χ3v) is 5.97. The van der Waals surface area contributed by atoms with Gasteiger partial charge in [0, 0.05) is 30.2 Å². The maximum absolute atomic E-state index is 4.90. The van der Waals surface area contributed by atoms with E-state index in [1.807, 2.05) is 18.2 Å². The molecule has 8 nitrogen and oxygen atoms in total. The molecule has 0 aliphatic rings. The number of hydrogen-bond acceptors (Lipinski definition) is 6. The van der Waals surface area contributed by atoms with Gasteiger partial charge in [-0.25, -0.2) is 14.8 Å². The van der Waals surface area contributed by atoms with Crippen LogP contribution in [0.4, 0.5) is 0 Å². The fraction of sp³-hybridized carbons (Fsp3) is 0.259. The van der Waals surface area contributed by atoms with E-state index in [0.717, 1.165) is 47.7 Å². The summed E-state index contributed by atoms with van der Waals surface area (Å²) in [4.78, 5) is 9.47. The molecule has 0 bridgehead atoms. The van der Waals surface area contributed by atoms with Gasteiger partial charge in [-0.2, -0.15) is 5.10 Å². The molecule has 2 aromatic carbocycles. The summed E-state index contributed by atoms with van der Waals surface area (Å²) in [7, 11) is 0. The second kappa shape index (κ2) is 10.8. The van der Waals surface area contributed by atoms with Gasteiger partial charge in [-0.15, -0.1) is 5.10 Å². The van der Waals surface area contributed by atoms with Crippen molar-refractivity contribution < 1.29 is 0 Å². The summed E-state index contributed by atoms with van der Waals surface area (Å²) in [5, 5.41) is 19.1. The van der Waals surface area contributed by atoms with Crippen LogP contribution >= 0.6 is 0 Å². The Hall–Kier alpha value is -4.20. The molecule has 0 saturated heterocycles. The first-order valence-corrected chi connectivity index (χ1v) is 12.0. The molecule has 0 amide bonds. The average molecular weight is 465 g/mol. The molecule has 5 aromatic rings. The van der Waals surface area contributed by atoms with E-state index in [2.05, 4.69) is 85.7 Å². The van der Waals surface area contributed by atoms with Gasteiger partial charge in [-0.1, -0.05) is 74.4 Å². The van der Waals surface area contributed by atoms with Gasteiger partial charge >= 0.3 is 0 Å². The van der Waals surface area contributed by atoms with Crippen LogP contribution in [0.15, 0.2) is 72.9 Å².